The minimum Gasteiger partial charge on any atom is -0.375 e. The molecule has 0 bridgehead atoms. The first-order chi connectivity index (χ1) is 17.1. The molecule has 0 aliphatic carbocycles. The monoisotopic (exact) mass is 563 g/mol. The van der Waals surface area contributed by atoms with Crippen LogP contribution < -0.4 is 25.6 Å². The molecule has 0 saturated carbocycles. The Labute approximate surface area is 211 Å². The maximum Gasteiger partial charge on any atom is 0.431 e. The third-order valence-corrected chi connectivity index (χ3v) is 6.78. The van der Waals surface area contributed by atoms with E-state index >= 15 is 0 Å². The highest BCUT2D eigenvalue weighted by molar-refractivity contribution is 7.91. The quantitative estimate of drug-likeness (QED) is 0.425. The van der Waals surface area contributed by atoms with Crippen molar-refractivity contribution in [2.24, 2.45) is 7.05 Å². The summed E-state index contributed by atoms with van der Waals surface area (Å²) in [6.45, 7) is -0.702. The topological polar surface area (TPSA) is 123 Å². The van der Waals surface area contributed by atoms with Crippen LogP contribution in [0.25, 0.3) is 5.69 Å². The number of alkyl halides is 3. The van der Waals surface area contributed by atoms with Gasteiger partial charge in [0.2, 0.25) is 0 Å². The SMILES string of the molecule is CN(c1ccccc1)S(=O)(=O)NC(=O)CNc1cc(-n2c(=O)cc(C(F)(F)F)n(C)c2=O)c(F)cc1Cl. The van der Waals surface area contributed by atoms with Gasteiger partial charge in [-0.05, 0) is 24.3 Å². The summed E-state index contributed by atoms with van der Waals surface area (Å²) >= 11 is 5.95. The van der Waals surface area contributed by atoms with E-state index in [-0.39, 0.29) is 31.6 Å². The summed E-state index contributed by atoms with van der Waals surface area (Å²) in [6.07, 6.45) is -5.01. The number of hydrogen-bond acceptors (Lipinski definition) is 6. The lowest BCUT2D eigenvalue weighted by Gasteiger charge is -2.20. The standard InChI is InChI=1S/C21H18ClF4N5O5S/c1-29-17(21(24,25)26)10-19(33)31(20(29)34)16-9-15(13(22)8-14(16)23)27-11-18(32)28-37(35,36)30(2)12-6-4-3-5-7-12/h3-10,27H,11H2,1-2H3,(H,28,32). The fourth-order valence-corrected chi connectivity index (χ4v) is 4.28. The van der Waals surface area contributed by atoms with Crippen LogP contribution >= 0.6 is 11.6 Å². The molecule has 0 saturated heterocycles. The van der Waals surface area contributed by atoms with Crippen molar-refractivity contribution in [3.8, 4) is 5.69 Å². The van der Waals surface area contributed by atoms with Crippen LogP contribution in [0.3, 0.4) is 0 Å². The number of hydrogen-bond donors (Lipinski definition) is 2. The number of carbonyl (C=O) groups excluding carboxylic acids is 1. The molecule has 1 aromatic heterocycles. The molecule has 198 valence electrons. The highest BCUT2D eigenvalue weighted by Crippen LogP contribution is 2.29. The van der Waals surface area contributed by atoms with Crippen LogP contribution in [-0.4, -0.2) is 37.1 Å². The van der Waals surface area contributed by atoms with Crippen LogP contribution in [0.1, 0.15) is 5.69 Å². The first kappa shape index (κ1) is 27.7. The second-order valence-corrected chi connectivity index (χ2v) is 9.62. The molecule has 10 nitrogen and oxygen atoms in total. The second-order valence-electron chi connectivity index (χ2n) is 7.51. The molecule has 0 aliphatic rings. The normalized spacial score (nSPS) is 11.8. The van der Waals surface area contributed by atoms with Gasteiger partial charge in [-0.3, -0.25) is 18.5 Å². The van der Waals surface area contributed by atoms with Crippen molar-refractivity contribution in [3.63, 3.8) is 0 Å². The van der Waals surface area contributed by atoms with Gasteiger partial charge in [0.1, 0.15) is 11.5 Å². The summed E-state index contributed by atoms with van der Waals surface area (Å²) in [7, 11) is -2.33. The number of carbonyl (C=O) groups is 1. The smallest absolute Gasteiger partial charge is 0.375 e. The van der Waals surface area contributed by atoms with Crippen LogP contribution in [0.15, 0.2) is 58.1 Å². The molecule has 0 unspecified atom stereocenters. The fraction of sp³-hybridized carbons (Fsp3) is 0.190. The lowest BCUT2D eigenvalue weighted by atomic mass is 10.2. The Morgan fingerprint density at radius 3 is 2.32 bits per heavy atom. The summed E-state index contributed by atoms with van der Waals surface area (Å²) in [5, 5.41) is 2.12. The molecular formula is C21H18ClF4N5O5S. The van der Waals surface area contributed by atoms with E-state index in [9.17, 15) is 40.4 Å². The maximum atomic E-state index is 14.6. The van der Waals surface area contributed by atoms with E-state index in [0.717, 1.165) is 17.4 Å². The van der Waals surface area contributed by atoms with Crippen molar-refractivity contribution >= 4 is 39.1 Å². The molecular weight excluding hydrogens is 546 g/mol. The van der Waals surface area contributed by atoms with Crippen LogP contribution in [0.5, 0.6) is 0 Å². The molecule has 3 rings (SSSR count). The van der Waals surface area contributed by atoms with Crippen molar-refractivity contribution in [3.05, 3.63) is 85.9 Å². The molecule has 0 aliphatic heterocycles. The highest BCUT2D eigenvalue weighted by atomic mass is 35.5. The van der Waals surface area contributed by atoms with Crippen molar-refractivity contribution in [2.75, 3.05) is 23.2 Å². The van der Waals surface area contributed by atoms with Gasteiger partial charge in [0.15, 0.2) is 0 Å². The Morgan fingerprint density at radius 2 is 1.73 bits per heavy atom. The minimum absolute atomic E-state index is 0.129. The number of rotatable bonds is 7. The van der Waals surface area contributed by atoms with Crippen LogP contribution in [0.4, 0.5) is 28.9 Å². The number of benzene rings is 2. The number of amides is 1. The van der Waals surface area contributed by atoms with Crippen LogP contribution in [0.2, 0.25) is 5.02 Å². The van der Waals surface area contributed by atoms with E-state index in [1.807, 2.05) is 4.72 Å². The number of nitrogens with zero attached hydrogens (tertiary/aromatic N) is 3. The number of anilines is 2. The van der Waals surface area contributed by atoms with Gasteiger partial charge >= 0.3 is 22.1 Å². The van der Waals surface area contributed by atoms with E-state index in [4.69, 9.17) is 11.6 Å². The zero-order valence-electron chi connectivity index (χ0n) is 19.0. The molecule has 16 heteroatoms. The fourth-order valence-electron chi connectivity index (χ4n) is 3.16. The van der Waals surface area contributed by atoms with Gasteiger partial charge in [-0.25, -0.2) is 18.5 Å². The largest absolute Gasteiger partial charge is 0.431 e. The van der Waals surface area contributed by atoms with Gasteiger partial charge in [0, 0.05) is 20.2 Å². The number of nitrogens with one attached hydrogen (secondary N) is 2. The lowest BCUT2D eigenvalue weighted by molar-refractivity contribution is -0.144. The van der Waals surface area contributed by atoms with Crippen molar-refractivity contribution < 1.29 is 30.8 Å². The molecule has 3 aromatic rings. The molecule has 1 heterocycles. The Bertz CT molecular complexity index is 1570. The summed E-state index contributed by atoms with van der Waals surface area (Å²) < 4.78 is 81.7. The predicted octanol–water partition coefficient (Wildman–Crippen LogP) is 2.26. The molecule has 0 radical (unpaired) electrons. The highest BCUT2D eigenvalue weighted by Gasteiger charge is 2.35. The number of para-hydroxylation sites is 1. The Hall–Kier alpha value is -3.85. The summed E-state index contributed by atoms with van der Waals surface area (Å²) in [4.78, 5) is 37.1. The first-order valence-corrected chi connectivity index (χ1v) is 11.9. The van der Waals surface area contributed by atoms with E-state index < -0.39 is 57.3 Å². The van der Waals surface area contributed by atoms with Gasteiger partial charge in [0.25, 0.3) is 11.5 Å². The number of aromatic nitrogens is 2. The summed E-state index contributed by atoms with van der Waals surface area (Å²) in [6, 6.07) is 9.46. The second kappa shape index (κ2) is 10.3. The first-order valence-electron chi connectivity index (χ1n) is 10.1. The van der Waals surface area contributed by atoms with E-state index in [0.29, 0.717) is 6.07 Å². The predicted molar refractivity (Wildman–Crippen MR) is 128 cm³/mol. The average molecular weight is 564 g/mol. The Balaban J connectivity index is 1.87. The summed E-state index contributed by atoms with van der Waals surface area (Å²) in [5.41, 5.74) is -5.18. The summed E-state index contributed by atoms with van der Waals surface area (Å²) in [5.74, 6) is -2.27. The van der Waals surface area contributed by atoms with Crippen molar-refractivity contribution in [1.29, 1.82) is 0 Å². The minimum atomic E-state index is -5.01. The molecule has 1 amide bonds. The van der Waals surface area contributed by atoms with Crippen molar-refractivity contribution in [1.82, 2.24) is 13.9 Å². The van der Waals surface area contributed by atoms with E-state index in [2.05, 4.69) is 5.32 Å². The molecule has 0 spiro atoms. The third-order valence-electron chi connectivity index (χ3n) is 5.05. The zero-order valence-corrected chi connectivity index (χ0v) is 20.6. The Morgan fingerprint density at radius 1 is 1.11 bits per heavy atom. The third kappa shape index (κ3) is 5.94. The van der Waals surface area contributed by atoms with Crippen LogP contribution in [0, 0.1) is 5.82 Å². The maximum absolute atomic E-state index is 14.6. The Kier molecular flexibility index (Phi) is 7.69. The van der Waals surface area contributed by atoms with Crippen LogP contribution in [-0.2, 0) is 28.2 Å². The van der Waals surface area contributed by atoms with Gasteiger partial charge in [-0.15, -0.1) is 0 Å². The van der Waals surface area contributed by atoms with E-state index in [1.165, 1.54) is 19.2 Å². The lowest BCUT2D eigenvalue weighted by Crippen LogP contribution is -2.43. The van der Waals surface area contributed by atoms with Gasteiger partial charge < -0.3 is 5.32 Å². The van der Waals surface area contributed by atoms with Gasteiger partial charge in [-0.1, -0.05) is 29.8 Å². The molecule has 2 N–H and O–H groups in total. The molecule has 0 atom stereocenters. The van der Waals surface area contributed by atoms with E-state index in [1.54, 1.807) is 18.2 Å². The van der Waals surface area contributed by atoms with Gasteiger partial charge in [-0.2, -0.15) is 21.6 Å². The zero-order chi connectivity index (χ0) is 27.7. The van der Waals surface area contributed by atoms with Gasteiger partial charge in [0.05, 0.1) is 28.6 Å². The average Bonchev–Trinajstić information content (AvgIpc) is 2.81. The number of halogens is 5. The van der Waals surface area contributed by atoms with Crippen molar-refractivity contribution in [2.45, 2.75) is 6.18 Å². The molecule has 37 heavy (non-hydrogen) atoms. The molecule has 2 aromatic carbocycles. The molecule has 0 fully saturated rings.